The maximum atomic E-state index is 10.3. The fourth-order valence-electron chi connectivity index (χ4n) is 1.45. The minimum Gasteiger partial charge on any atom is -0.748 e. The molecule has 0 saturated heterocycles. The molecule has 0 unspecified atom stereocenters. The summed E-state index contributed by atoms with van der Waals surface area (Å²) in [6.07, 6.45) is 8.41. The zero-order valence-corrected chi connectivity index (χ0v) is 13.9. The molecule has 0 aromatic heterocycles. The summed E-state index contributed by atoms with van der Waals surface area (Å²) in [5.41, 5.74) is 0. The molecule has 0 bridgehead atoms. The average molecular weight is 276 g/mol. The molecule has 0 rings (SSSR count). The summed E-state index contributed by atoms with van der Waals surface area (Å²) in [7, 11) is -3.99. The van der Waals surface area contributed by atoms with Gasteiger partial charge in [-0.2, -0.15) is 12.6 Å². The molecule has 0 fully saturated rings. The zero-order chi connectivity index (χ0) is 11.6. The van der Waals surface area contributed by atoms with E-state index in [9.17, 15) is 13.0 Å². The molecule has 0 aliphatic rings. The van der Waals surface area contributed by atoms with Crippen LogP contribution in [-0.2, 0) is 10.1 Å². The normalized spacial score (nSPS) is 11.1. The van der Waals surface area contributed by atoms with E-state index in [1.54, 1.807) is 0 Å². The van der Waals surface area contributed by atoms with Crippen LogP contribution in [0.4, 0.5) is 0 Å². The number of thiol groups is 1. The molecule has 0 aliphatic carbocycles. The monoisotopic (exact) mass is 276 g/mol. The van der Waals surface area contributed by atoms with E-state index in [1.807, 2.05) is 0 Å². The Morgan fingerprint density at radius 1 is 0.812 bits per heavy atom. The summed E-state index contributed by atoms with van der Waals surface area (Å²) in [5, 5.41) is 0. The predicted octanol–water partition coefficient (Wildman–Crippen LogP) is -0.414. The van der Waals surface area contributed by atoms with Gasteiger partial charge in [-0.15, -0.1) is 0 Å². The Kier molecular flexibility index (Phi) is 15.6. The van der Waals surface area contributed by atoms with Crippen molar-refractivity contribution in [2.24, 2.45) is 0 Å². The van der Waals surface area contributed by atoms with Crippen LogP contribution >= 0.6 is 12.6 Å². The summed E-state index contributed by atoms with van der Waals surface area (Å²) in [4.78, 5) is 0. The van der Waals surface area contributed by atoms with Gasteiger partial charge in [-0.05, 0) is 18.6 Å². The molecule has 0 N–H and O–H groups in total. The summed E-state index contributed by atoms with van der Waals surface area (Å²) >= 11 is 4.13. The summed E-state index contributed by atoms with van der Waals surface area (Å²) < 4.78 is 30.8. The minimum absolute atomic E-state index is 0. The van der Waals surface area contributed by atoms with E-state index in [1.165, 1.54) is 25.7 Å². The van der Waals surface area contributed by atoms with Crippen molar-refractivity contribution in [3.05, 3.63) is 0 Å². The van der Waals surface area contributed by atoms with Crippen LogP contribution in [0.25, 0.3) is 0 Å². The molecule has 0 atom stereocenters. The smallest absolute Gasteiger partial charge is 0.748 e. The van der Waals surface area contributed by atoms with Crippen LogP contribution in [0.2, 0.25) is 0 Å². The van der Waals surface area contributed by atoms with Crippen molar-refractivity contribution in [2.75, 3.05) is 11.5 Å². The maximum absolute atomic E-state index is 10.3. The number of rotatable bonds is 10. The van der Waals surface area contributed by atoms with Crippen LogP contribution in [0.15, 0.2) is 0 Å². The molecular formula is C10H21NaO3S2. The van der Waals surface area contributed by atoms with E-state index in [0.717, 1.165) is 25.0 Å². The Balaban J connectivity index is 0. The van der Waals surface area contributed by atoms with Crippen LogP contribution < -0.4 is 29.6 Å². The Morgan fingerprint density at radius 2 is 1.19 bits per heavy atom. The quantitative estimate of drug-likeness (QED) is 0.255. The van der Waals surface area contributed by atoms with Gasteiger partial charge < -0.3 is 4.55 Å². The number of hydrogen-bond donors (Lipinski definition) is 1. The largest absolute Gasteiger partial charge is 1.00 e. The van der Waals surface area contributed by atoms with E-state index >= 15 is 0 Å². The number of unbranched alkanes of at least 4 members (excludes halogenated alkanes) is 7. The fraction of sp³-hybridized carbons (Fsp3) is 1.00. The van der Waals surface area contributed by atoms with E-state index in [-0.39, 0.29) is 35.3 Å². The molecular weight excluding hydrogens is 255 g/mol. The van der Waals surface area contributed by atoms with Gasteiger partial charge in [0, 0.05) is 5.75 Å². The predicted molar refractivity (Wildman–Crippen MR) is 65.4 cm³/mol. The Hall–Kier alpha value is 1.26. The van der Waals surface area contributed by atoms with Crippen LogP contribution in [0.1, 0.15) is 51.4 Å². The van der Waals surface area contributed by atoms with Gasteiger partial charge in [-0.25, -0.2) is 8.42 Å². The molecule has 0 saturated carbocycles. The van der Waals surface area contributed by atoms with Crippen molar-refractivity contribution in [1.82, 2.24) is 0 Å². The molecule has 0 aromatic rings. The molecule has 92 valence electrons. The van der Waals surface area contributed by atoms with E-state index in [0.29, 0.717) is 6.42 Å². The van der Waals surface area contributed by atoms with Crippen molar-refractivity contribution in [1.29, 1.82) is 0 Å². The van der Waals surface area contributed by atoms with Crippen molar-refractivity contribution in [3.63, 3.8) is 0 Å². The second-order valence-electron chi connectivity index (χ2n) is 3.81. The van der Waals surface area contributed by atoms with Crippen molar-refractivity contribution in [2.45, 2.75) is 51.4 Å². The van der Waals surface area contributed by atoms with E-state index in [4.69, 9.17) is 0 Å². The molecule has 0 radical (unpaired) electrons. The number of hydrogen-bond acceptors (Lipinski definition) is 4. The molecule has 0 spiro atoms. The fourth-order valence-corrected chi connectivity index (χ4v) is 2.23. The van der Waals surface area contributed by atoms with Gasteiger partial charge in [-0.1, -0.05) is 38.5 Å². The summed E-state index contributed by atoms with van der Waals surface area (Å²) in [6, 6.07) is 0. The molecule has 0 amide bonds. The zero-order valence-electron chi connectivity index (χ0n) is 10.2. The maximum Gasteiger partial charge on any atom is 1.00 e. The van der Waals surface area contributed by atoms with Gasteiger partial charge in [0.25, 0.3) is 0 Å². The molecule has 16 heavy (non-hydrogen) atoms. The Bertz CT molecular complexity index is 230. The first kappa shape index (κ1) is 19.6. The summed E-state index contributed by atoms with van der Waals surface area (Å²) in [6.45, 7) is 0. The van der Waals surface area contributed by atoms with E-state index < -0.39 is 10.1 Å². The van der Waals surface area contributed by atoms with Gasteiger partial charge in [0.1, 0.15) is 0 Å². The second-order valence-corrected chi connectivity index (χ2v) is 5.78. The van der Waals surface area contributed by atoms with Crippen molar-refractivity contribution >= 4 is 22.7 Å². The Labute approximate surface area is 127 Å². The topological polar surface area (TPSA) is 57.2 Å². The molecule has 6 heteroatoms. The second kappa shape index (κ2) is 12.7. The first-order chi connectivity index (χ1) is 7.06. The van der Waals surface area contributed by atoms with Crippen LogP contribution in [-0.4, -0.2) is 24.5 Å². The molecule has 0 aliphatic heterocycles. The minimum atomic E-state index is -3.99. The standard InChI is InChI=1S/C10H22O3S2.Na/c11-15(12,13)10-8-6-4-2-1-3-5-7-9-14;/h14H,1-10H2,(H,11,12,13);/q;+1/p-1. The van der Waals surface area contributed by atoms with Crippen LogP contribution in [0, 0.1) is 0 Å². The van der Waals surface area contributed by atoms with Gasteiger partial charge in [0.2, 0.25) is 0 Å². The molecule has 0 heterocycles. The SMILES string of the molecule is O=S(=O)([O-])CCCCCCCCCCS.[Na+]. The summed E-state index contributed by atoms with van der Waals surface area (Å²) in [5.74, 6) is 0.758. The van der Waals surface area contributed by atoms with Crippen LogP contribution in [0.5, 0.6) is 0 Å². The first-order valence-corrected chi connectivity index (χ1v) is 7.81. The molecule has 0 aromatic carbocycles. The molecule has 3 nitrogen and oxygen atoms in total. The Morgan fingerprint density at radius 3 is 1.56 bits per heavy atom. The van der Waals surface area contributed by atoms with Gasteiger partial charge in [0.05, 0.1) is 10.1 Å². The van der Waals surface area contributed by atoms with E-state index in [2.05, 4.69) is 12.6 Å². The van der Waals surface area contributed by atoms with Gasteiger partial charge in [-0.3, -0.25) is 0 Å². The van der Waals surface area contributed by atoms with Gasteiger partial charge >= 0.3 is 29.6 Å². The third-order valence-electron chi connectivity index (χ3n) is 2.30. The average Bonchev–Trinajstić information content (AvgIpc) is 2.14. The van der Waals surface area contributed by atoms with Crippen molar-refractivity contribution < 1.29 is 42.5 Å². The van der Waals surface area contributed by atoms with Crippen LogP contribution in [0.3, 0.4) is 0 Å². The third-order valence-corrected chi connectivity index (χ3v) is 3.41. The van der Waals surface area contributed by atoms with Gasteiger partial charge in [0.15, 0.2) is 0 Å². The van der Waals surface area contributed by atoms with Crippen molar-refractivity contribution in [3.8, 4) is 0 Å². The first-order valence-electron chi connectivity index (χ1n) is 5.60. The third kappa shape index (κ3) is 17.6.